The number of nitrogens with one attached hydrogen (secondary N) is 1. The van der Waals surface area contributed by atoms with Crippen LogP contribution in [0.25, 0.3) is 0 Å². The summed E-state index contributed by atoms with van der Waals surface area (Å²) < 4.78 is 13.1. The van der Waals surface area contributed by atoms with E-state index in [1.165, 1.54) is 16.5 Å². The summed E-state index contributed by atoms with van der Waals surface area (Å²) in [7, 11) is 0. The number of rotatable bonds is 5. The van der Waals surface area contributed by atoms with Gasteiger partial charge in [0.15, 0.2) is 0 Å². The molecule has 2 aromatic rings. The minimum Gasteiger partial charge on any atom is -0.308 e. The fourth-order valence-corrected chi connectivity index (χ4v) is 2.92. The molecule has 1 aromatic carbocycles. The molecule has 0 aliphatic carbocycles. The van der Waals surface area contributed by atoms with Gasteiger partial charge in [0.05, 0.1) is 0 Å². The van der Waals surface area contributed by atoms with Gasteiger partial charge in [0.2, 0.25) is 0 Å². The first-order valence-corrected chi connectivity index (χ1v) is 7.09. The second-order valence-electron chi connectivity index (χ2n) is 4.41. The summed E-state index contributed by atoms with van der Waals surface area (Å²) in [4.78, 5) is 1.40. The quantitative estimate of drug-likeness (QED) is 0.858. The number of hydrogen-bond acceptors (Lipinski definition) is 2. The van der Waals surface area contributed by atoms with Crippen molar-refractivity contribution in [1.29, 1.82) is 0 Å². The second-order valence-corrected chi connectivity index (χ2v) is 5.41. The lowest BCUT2D eigenvalue weighted by molar-refractivity contribution is 0.615. The fourth-order valence-electron chi connectivity index (χ4n) is 1.97. The smallest absolute Gasteiger partial charge is 0.126 e. The molecule has 0 aliphatic rings. The summed E-state index contributed by atoms with van der Waals surface area (Å²) in [5.74, 6) is -0.134. The van der Waals surface area contributed by atoms with Crippen molar-refractivity contribution in [1.82, 2.24) is 5.32 Å². The van der Waals surface area contributed by atoms with E-state index in [-0.39, 0.29) is 5.82 Å². The highest BCUT2D eigenvalue weighted by atomic mass is 32.1. The summed E-state index contributed by atoms with van der Waals surface area (Å²) >= 11 is 1.79. The molecule has 0 fully saturated rings. The first-order valence-electron chi connectivity index (χ1n) is 6.21. The minimum absolute atomic E-state index is 0.134. The van der Waals surface area contributed by atoms with Crippen LogP contribution in [0.15, 0.2) is 29.6 Å². The average molecular weight is 263 g/mol. The van der Waals surface area contributed by atoms with Crippen LogP contribution in [-0.4, -0.2) is 0 Å². The first-order chi connectivity index (χ1) is 8.70. The van der Waals surface area contributed by atoms with E-state index in [4.69, 9.17) is 0 Å². The SMILES string of the molecule is CCc1ccsc1CNCc1ccc(F)c(C)c1. The highest BCUT2D eigenvalue weighted by Crippen LogP contribution is 2.17. The van der Waals surface area contributed by atoms with Crippen LogP contribution in [-0.2, 0) is 19.5 Å². The average Bonchev–Trinajstić information content (AvgIpc) is 2.81. The van der Waals surface area contributed by atoms with E-state index in [0.29, 0.717) is 5.56 Å². The standard InChI is InChI=1S/C15H18FNS/c1-3-13-6-7-18-15(13)10-17-9-12-4-5-14(16)11(2)8-12/h4-8,17H,3,9-10H2,1-2H3. The fraction of sp³-hybridized carbons (Fsp3) is 0.333. The summed E-state index contributed by atoms with van der Waals surface area (Å²) in [5, 5.41) is 5.55. The molecule has 1 N–H and O–H groups in total. The Balaban J connectivity index is 1.90. The minimum atomic E-state index is -0.134. The van der Waals surface area contributed by atoms with Crippen molar-refractivity contribution in [2.24, 2.45) is 0 Å². The van der Waals surface area contributed by atoms with Crippen LogP contribution in [0.4, 0.5) is 4.39 Å². The maximum absolute atomic E-state index is 13.1. The van der Waals surface area contributed by atoms with Crippen LogP contribution < -0.4 is 5.32 Å². The molecule has 2 rings (SSSR count). The molecule has 0 saturated heterocycles. The number of halogens is 1. The molecule has 18 heavy (non-hydrogen) atoms. The van der Waals surface area contributed by atoms with Crippen molar-refractivity contribution in [3.05, 3.63) is 57.0 Å². The van der Waals surface area contributed by atoms with Gasteiger partial charge in [0.25, 0.3) is 0 Å². The molecule has 0 aliphatic heterocycles. The lowest BCUT2D eigenvalue weighted by Gasteiger charge is -2.06. The Hall–Kier alpha value is -1.19. The highest BCUT2D eigenvalue weighted by Gasteiger charge is 2.02. The van der Waals surface area contributed by atoms with Crippen molar-refractivity contribution in [3.8, 4) is 0 Å². The number of thiophene rings is 1. The molecule has 0 atom stereocenters. The lowest BCUT2D eigenvalue weighted by Crippen LogP contribution is -2.12. The van der Waals surface area contributed by atoms with Crippen molar-refractivity contribution >= 4 is 11.3 Å². The molecule has 1 nitrogen and oxygen atoms in total. The molecule has 0 bridgehead atoms. The van der Waals surface area contributed by atoms with Gasteiger partial charge >= 0.3 is 0 Å². The van der Waals surface area contributed by atoms with Gasteiger partial charge in [-0.1, -0.05) is 19.1 Å². The molecule has 0 radical (unpaired) electrons. The normalized spacial score (nSPS) is 10.8. The van der Waals surface area contributed by atoms with Crippen molar-refractivity contribution in [3.63, 3.8) is 0 Å². The van der Waals surface area contributed by atoms with Crippen molar-refractivity contribution < 1.29 is 4.39 Å². The molecular weight excluding hydrogens is 245 g/mol. The predicted molar refractivity (Wildman–Crippen MR) is 75.4 cm³/mol. The number of benzene rings is 1. The van der Waals surface area contributed by atoms with Crippen LogP contribution in [0, 0.1) is 12.7 Å². The summed E-state index contributed by atoms with van der Waals surface area (Å²) in [5.41, 5.74) is 3.26. The Morgan fingerprint density at radius 3 is 2.78 bits per heavy atom. The van der Waals surface area contributed by atoms with Crippen molar-refractivity contribution in [2.45, 2.75) is 33.4 Å². The molecule has 0 unspecified atom stereocenters. The number of hydrogen-bond donors (Lipinski definition) is 1. The Bertz CT molecular complexity index is 519. The zero-order valence-electron chi connectivity index (χ0n) is 10.8. The summed E-state index contributed by atoms with van der Waals surface area (Å²) in [6.07, 6.45) is 1.08. The van der Waals surface area contributed by atoms with Gasteiger partial charge in [-0.2, -0.15) is 0 Å². The largest absolute Gasteiger partial charge is 0.308 e. The third-order valence-electron chi connectivity index (χ3n) is 3.06. The Morgan fingerprint density at radius 1 is 1.22 bits per heavy atom. The van der Waals surface area contributed by atoms with Gasteiger partial charge in [-0.3, -0.25) is 0 Å². The Morgan fingerprint density at radius 2 is 2.06 bits per heavy atom. The molecule has 1 heterocycles. The maximum atomic E-state index is 13.1. The van der Waals surface area contributed by atoms with E-state index in [1.807, 2.05) is 12.1 Å². The zero-order valence-corrected chi connectivity index (χ0v) is 11.6. The van der Waals surface area contributed by atoms with E-state index in [0.717, 1.165) is 25.1 Å². The van der Waals surface area contributed by atoms with Crippen LogP contribution in [0.2, 0.25) is 0 Å². The van der Waals surface area contributed by atoms with Crippen LogP contribution in [0.3, 0.4) is 0 Å². The van der Waals surface area contributed by atoms with E-state index in [2.05, 4.69) is 23.7 Å². The molecule has 0 amide bonds. The molecule has 96 valence electrons. The maximum Gasteiger partial charge on any atom is 0.126 e. The van der Waals surface area contributed by atoms with Gasteiger partial charge in [-0.15, -0.1) is 11.3 Å². The Kier molecular flexibility index (Phi) is 4.50. The van der Waals surface area contributed by atoms with E-state index in [9.17, 15) is 4.39 Å². The first kappa shape index (κ1) is 13.2. The van der Waals surface area contributed by atoms with Crippen LogP contribution >= 0.6 is 11.3 Å². The third-order valence-corrected chi connectivity index (χ3v) is 4.02. The summed E-state index contributed by atoms with van der Waals surface area (Å²) in [6.45, 7) is 5.64. The van der Waals surface area contributed by atoms with E-state index < -0.39 is 0 Å². The molecule has 3 heteroatoms. The van der Waals surface area contributed by atoms with Gasteiger partial charge in [0.1, 0.15) is 5.82 Å². The van der Waals surface area contributed by atoms with Crippen molar-refractivity contribution in [2.75, 3.05) is 0 Å². The van der Waals surface area contributed by atoms with Crippen LogP contribution in [0.1, 0.15) is 28.5 Å². The second kappa shape index (κ2) is 6.12. The molecular formula is C15H18FNS. The van der Waals surface area contributed by atoms with Gasteiger partial charge in [-0.05, 0) is 47.5 Å². The molecule has 0 saturated carbocycles. The van der Waals surface area contributed by atoms with Gasteiger partial charge in [-0.25, -0.2) is 4.39 Å². The molecule has 1 aromatic heterocycles. The van der Waals surface area contributed by atoms with E-state index >= 15 is 0 Å². The number of aryl methyl sites for hydroxylation is 2. The molecule has 0 spiro atoms. The Labute approximate surface area is 112 Å². The van der Waals surface area contributed by atoms with Gasteiger partial charge in [0, 0.05) is 18.0 Å². The topological polar surface area (TPSA) is 12.0 Å². The monoisotopic (exact) mass is 263 g/mol. The highest BCUT2D eigenvalue weighted by molar-refractivity contribution is 7.10. The lowest BCUT2D eigenvalue weighted by atomic mass is 10.1. The van der Waals surface area contributed by atoms with Crippen LogP contribution in [0.5, 0.6) is 0 Å². The van der Waals surface area contributed by atoms with E-state index in [1.54, 1.807) is 18.3 Å². The summed E-state index contributed by atoms with van der Waals surface area (Å²) in [6, 6.07) is 7.46. The predicted octanol–water partition coefficient (Wildman–Crippen LogP) is 4.05. The van der Waals surface area contributed by atoms with Gasteiger partial charge < -0.3 is 5.32 Å². The third kappa shape index (κ3) is 3.18. The zero-order chi connectivity index (χ0) is 13.0.